The highest BCUT2D eigenvalue weighted by Gasteiger charge is 2.33. The molecule has 0 aliphatic carbocycles. The summed E-state index contributed by atoms with van der Waals surface area (Å²) >= 11 is 0. The third-order valence-corrected chi connectivity index (χ3v) is 4.09. The molecule has 24 heavy (non-hydrogen) atoms. The monoisotopic (exact) mass is 333 g/mol. The number of carboxylic acids is 1. The van der Waals surface area contributed by atoms with Crippen LogP contribution in [0.2, 0.25) is 0 Å². The van der Waals surface area contributed by atoms with Gasteiger partial charge < -0.3 is 20.4 Å². The van der Waals surface area contributed by atoms with Gasteiger partial charge in [-0.1, -0.05) is 18.7 Å². The number of carbonyl (C=O) groups excluding carboxylic acids is 1. The lowest BCUT2D eigenvalue weighted by molar-refractivity contribution is -0.147. The molecule has 1 aromatic rings. The molecule has 0 spiro atoms. The molecule has 0 aromatic heterocycles. The predicted octanol–water partition coefficient (Wildman–Crippen LogP) is 0.613. The van der Waals surface area contributed by atoms with Crippen LogP contribution in [0.15, 0.2) is 36.5 Å². The number of carboxylic acid groups (broad SMARTS) is 1. The van der Waals surface area contributed by atoms with Crippen molar-refractivity contribution in [2.75, 3.05) is 26.2 Å². The van der Waals surface area contributed by atoms with Crippen LogP contribution in [0.25, 0.3) is 0 Å². The van der Waals surface area contributed by atoms with Gasteiger partial charge in [-0.15, -0.1) is 0 Å². The van der Waals surface area contributed by atoms with Crippen molar-refractivity contribution in [2.45, 2.75) is 19.5 Å². The molecule has 3 N–H and O–H groups in total. The molecule has 1 atom stereocenters. The molecule has 1 fully saturated rings. The quantitative estimate of drug-likeness (QED) is 0.706. The number of carbonyl (C=O) groups is 2. The van der Waals surface area contributed by atoms with E-state index in [-0.39, 0.29) is 18.2 Å². The number of hydrogen-bond acceptors (Lipinski definition) is 5. The van der Waals surface area contributed by atoms with Gasteiger partial charge in [0.2, 0.25) is 5.91 Å². The van der Waals surface area contributed by atoms with Crippen molar-refractivity contribution in [3.8, 4) is 5.75 Å². The molecular weight excluding hydrogens is 310 g/mol. The molecule has 1 aliphatic heterocycles. The summed E-state index contributed by atoms with van der Waals surface area (Å²) in [6.45, 7) is 7.56. The lowest BCUT2D eigenvalue weighted by Gasteiger charge is -2.39. The van der Waals surface area contributed by atoms with Crippen LogP contribution in [0.1, 0.15) is 12.5 Å². The highest BCUT2D eigenvalue weighted by atomic mass is 16.4. The fraction of sp³-hybridized carbons (Fsp3) is 0.412. The summed E-state index contributed by atoms with van der Waals surface area (Å²) in [7, 11) is 0. The Bertz CT molecular complexity index is 615. The Labute approximate surface area is 141 Å². The second-order valence-corrected chi connectivity index (χ2v) is 5.91. The van der Waals surface area contributed by atoms with Gasteiger partial charge in [-0.25, -0.2) is 0 Å². The Morgan fingerprint density at radius 2 is 1.96 bits per heavy atom. The zero-order chi connectivity index (χ0) is 17.7. The third-order valence-electron chi connectivity index (χ3n) is 4.09. The molecule has 1 aliphatic rings. The zero-order valence-electron chi connectivity index (χ0n) is 13.7. The number of nitrogens with one attached hydrogen (secondary N) is 1. The maximum atomic E-state index is 11.5. The van der Waals surface area contributed by atoms with E-state index in [2.05, 4.69) is 11.9 Å². The number of nitrogens with zero attached hydrogens (tertiary/aromatic N) is 2. The molecule has 0 bridgehead atoms. The summed E-state index contributed by atoms with van der Waals surface area (Å²) in [4.78, 5) is 26.3. The number of benzene rings is 1. The minimum absolute atomic E-state index is 0.106. The van der Waals surface area contributed by atoms with Crippen molar-refractivity contribution >= 4 is 11.9 Å². The van der Waals surface area contributed by atoms with Gasteiger partial charge in [-0.05, 0) is 17.7 Å². The first-order valence-corrected chi connectivity index (χ1v) is 7.78. The van der Waals surface area contributed by atoms with Crippen LogP contribution in [0.4, 0.5) is 0 Å². The Balaban J connectivity index is 1.88. The number of aromatic hydroxyl groups is 1. The van der Waals surface area contributed by atoms with Crippen LogP contribution in [0.3, 0.4) is 0 Å². The van der Waals surface area contributed by atoms with Crippen molar-refractivity contribution in [3.63, 3.8) is 0 Å². The molecule has 1 aromatic carbocycles. The summed E-state index contributed by atoms with van der Waals surface area (Å²) in [5.74, 6) is -0.831. The SMILES string of the molecule is C=C(CN1CCN(C(C)=O)CC1C(=O)O)NCc1ccc(O)cc1. The number of hydrogen-bond donors (Lipinski definition) is 3. The van der Waals surface area contributed by atoms with E-state index < -0.39 is 12.0 Å². The van der Waals surface area contributed by atoms with Gasteiger partial charge in [0.05, 0.1) is 0 Å². The molecule has 2 rings (SSSR count). The normalized spacial score (nSPS) is 18.2. The Kier molecular flexibility index (Phi) is 5.81. The first kappa shape index (κ1) is 17.8. The van der Waals surface area contributed by atoms with E-state index in [1.54, 1.807) is 29.2 Å². The van der Waals surface area contributed by atoms with Gasteiger partial charge in [0.15, 0.2) is 0 Å². The highest BCUT2D eigenvalue weighted by Crippen LogP contribution is 2.13. The second kappa shape index (κ2) is 7.83. The van der Waals surface area contributed by atoms with Crippen molar-refractivity contribution in [3.05, 3.63) is 42.1 Å². The molecule has 1 unspecified atom stereocenters. The van der Waals surface area contributed by atoms with Gasteiger partial charge in [0, 0.05) is 45.3 Å². The van der Waals surface area contributed by atoms with E-state index in [1.807, 2.05) is 4.90 Å². The van der Waals surface area contributed by atoms with Crippen molar-refractivity contribution in [1.82, 2.24) is 15.1 Å². The van der Waals surface area contributed by atoms with Gasteiger partial charge in [-0.2, -0.15) is 0 Å². The van der Waals surface area contributed by atoms with Crippen LogP contribution in [-0.2, 0) is 16.1 Å². The molecule has 130 valence electrons. The molecule has 1 amide bonds. The van der Waals surface area contributed by atoms with E-state index in [4.69, 9.17) is 0 Å². The number of amides is 1. The minimum atomic E-state index is -0.938. The van der Waals surface area contributed by atoms with Crippen LogP contribution < -0.4 is 5.32 Å². The first-order valence-electron chi connectivity index (χ1n) is 7.78. The summed E-state index contributed by atoms with van der Waals surface area (Å²) in [6, 6.07) is 6.11. The van der Waals surface area contributed by atoms with E-state index in [9.17, 15) is 19.8 Å². The lowest BCUT2D eigenvalue weighted by Crippen LogP contribution is -2.58. The molecule has 1 saturated heterocycles. The number of phenolic OH excluding ortho intramolecular Hbond substituents is 1. The largest absolute Gasteiger partial charge is 0.508 e. The van der Waals surface area contributed by atoms with Crippen LogP contribution in [0, 0.1) is 0 Å². The van der Waals surface area contributed by atoms with Gasteiger partial charge >= 0.3 is 5.97 Å². The summed E-state index contributed by atoms with van der Waals surface area (Å²) in [5, 5.41) is 21.8. The van der Waals surface area contributed by atoms with Crippen LogP contribution in [-0.4, -0.2) is 64.1 Å². The average Bonchev–Trinajstić information content (AvgIpc) is 2.54. The molecule has 7 heteroatoms. The van der Waals surface area contributed by atoms with Gasteiger partial charge in [-0.3, -0.25) is 14.5 Å². The topological polar surface area (TPSA) is 93.1 Å². The van der Waals surface area contributed by atoms with Gasteiger partial charge in [0.25, 0.3) is 0 Å². The lowest BCUT2D eigenvalue weighted by atomic mass is 10.1. The maximum absolute atomic E-state index is 11.5. The number of piperazine rings is 1. The number of rotatable bonds is 6. The second-order valence-electron chi connectivity index (χ2n) is 5.91. The van der Waals surface area contributed by atoms with E-state index in [0.29, 0.717) is 31.9 Å². The Morgan fingerprint density at radius 1 is 1.29 bits per heavy atom. The van der Waals surface area contributed by atoms with Crippen molar-refractivity contribution in [2.24, 2.45) is 0 Å². The summed E-state index contributed by atoms with van der Waals surface area (Å²) < 4.78 is 0. The fourth-order valence-electron chi connectivity index (χ4n) is 2.67. The maximum Gasteiger partial charge on any atom is 0.322 e. The number of phenols is 1. The standard InChI is InChI=1S/C17H23N3O4/c1-12(18-9-14-3-5-15(22)6-4-14)10-20-8-7-19(13(2)21)11-16(20)17(23)24/h3-6,16,18,22H,1,7-11H2,2H3,(H,23,24). The number of aliphatic carboxylic acids is 1. The fourth-order valence-corrected chi connectivity index (χ4v) is 2.67. The Morgan fingerprint density at radius 3 is 2.54 bits per heavy atom. The highest BCUT2D eigenvalue weighted by molar-refractivity contribution is 5.77. The molecule has 1 heterocycles. The summed E-state index contributed by atoms with van der Waals surface area (Å²) in [6.07, 6.45) is 0. The molecule has 0 saturated carbocycles. The van der Waals surface area contributed by atoms with Crippen LogP contribution in [0.5, 0.6) is 5.75 Å². The smallest absolute Gasteiger partial charge is 0.322 e. The predicted molar refractivity (Wildman–Crippen MR) is 89.3 cm³/mol. The Hall–Kier alpha value is -2.54. The minimum Gasteiger partial charge on any atom is -0.508 e. The van der Waals surface area contributed by atoms with Crippen LogP contribution >= 0.6 is 0 Å². The van der Waals surface area contributed by atoms with Crippen molar-refractivity contribution < 1.29 is 19.8 Å². The van der Waals surface area contributed by atoms with E-state index in [0.717, 1.165) is 5.56 Å². The molecule has 0 radical (unpaired) electrons. The zero-order valence-corrected chi connectivity index (χ0v) is 13.7. The molecular formula is C17H23N3O4. The molecule has 7 nitrogen and oxygen atoms in total. The van der Waals surface area contributed by atoms with E-state index in [1.165, 1.54) is 6.92 Å². The third kappa shape index (κ3) is 4.73. The van der Waals surface area contributed by atoms with E-state index >= 15 is 0 Å². The summed E-state index contributed by atoms with van der Waals surface area (Å²) in [5.41, 5.74) is 1.70. The average molecular weight is 333 g/mol. The van der Waals surface area contributed by atoms with Gasteiger partial charge in [0.1, 0.15) is 11.8 Å². The van der Waals surface area contributed by atoms with Crippen molar-refractivity contribution in [1.29, 1.82) is 0 Å². The first-order chi connectivity index (χ1) is 11.4.